The van der Waals surface area contributed by atoms with Crippen molar-refractivity contribution in [1.29, 1.82) is 0 Å². The number of nitrogens with one attached hydrogen (secondary N) is 1. The van der Waals surface area contributed by atoms with E-state index in [9.17, 15) is 15.2 Å². The van der Waals surface area contributed by atoms with Gasteiger partial charge in [-0.2, -0.15) is 0 Å². The highest BCUT2D eigenvalue weighted by Gasteiger charge is 2.20. The molecule has 1 fully saturated rings. The van der Waals surface area contributed by atoms with Gasteiger partial charge in [-0.15, -0.1) is 0 Å². The lowest BCUT2D eigenvalue weighted by Gasteiger charge is -2.31. The lowest BCUT2D eigenvalue weighted by Crippen LogP contribution is -2.36. The Balaban J connectivity index is 2.07. The van der Waals surface area contributed by atoms with Gasteiger partial charge in [-0.05, 0) is 36.9 Å². The highest BCUT2D eigenvalue weighted by molar-refractivity contribution is 5.62. The van der Waals surface area contributed by atoms with Crippen LogP contribution in [0, 0.1) is 16.0 Å². The standard InChI is InChI=1S/C14H21N3O3/c1-15-13-7-11(4-5-14(13)17(19)20)8-16-6-2-3-12(9-16)10-18/h4-5,7,12,15,18H,2-3,6,8-10H2,1H3. The van der Waals surface area contributed by atoms with Gasteiger partial charge in [0.25, 0.3) is 5.69 Å². The summed E-state index contributed by atoms with van der Waals surface area (Å²) in [6.45, 7) is 2.91. The molecular weight excluding hydrogens is 258 g/mol. The molecular formula is C14H21N3O3. The third kappa shape index (κ3) is 3.46. The van der Waals surface area contributed by atoms with E-state index in [-0.39, 0.29) is 17.2 Å². The van der Waals surface area contributed by atoms with Crippen molar-refractivity contribution in [2.24, 2.45) is 5.92 Å². The Morgan fingerprint density at radius 2 is 2.35 bits per heavy atom. The van der Waals surface area contributed by atoms with Gasteiger partial charge in [-0.25, -0.2) is 0 Å². The summed E-state index contributed by atoms with van der Waals surface area (Å²) in [7, 11) is 1.69. The van der Waals surface area contributed by atoms with Crippen LogP contribution in [0.15, 0.2) is 18.2 Å². The Kier molecular flexibility index (Phi) is 4.92. The lowest BCUT2D eigenvalue weighted by molar-refractivity contribution is -0.384. The van der Waals surface area contributed by atoms with E-state index in [4.69, 9.17) is 0 Å². The summed E-state index contributed by atoms with van der Waals surface area (Å²) in [5.74, 6) is 0.352. The first kappa shape index (κ1) is 14.7. The van der Waals surface area contributed by atoms with Crippen molar-refractivity contribution < 1.29 is 10.0 Å². The number of aliphatic hydroxyl groups is 1. The van der Waals surface area contributed by atoms with Gasteiger partial charge in [0.1, 0.15) is 5.69 Å². The molecule has 0 spiro atoms. The van der Waals surface area contributed by atoms with Crippen molar-refractivity contribution in [3.8, 4) is 0 Å². The highest BCUT2D eigenvalue weighted by Crippen LogP contribution is 2.26. The van der Waals surface area contributed by atoms with Crippen molar-refractivity contribution in [2.75, 3.05) is 32.1 Å². The predicted octanol–water partition coefficient (Wildman–Crippen LogP) is 1.84. The number of piperidine rings is 1. The lowest BCUT2D eigenvalue weighted by atomic mass is 9.98. The van der Waals surface area contributed by atoms with Gasteiger partial charge in [0.05, 0.1) is 4.92 Å². The molecule has 2 N–H and O–H groups in total. The van der Waals surface area contributed by atoms with Gasteiger partial charge in [0.2, 0.25) is 0 Å². The van der Waals surface area contributed by atoms with Crippen molar-refractivity contribution in [1.82, 2.24) is 4.90 Å². The number of nitro benzene ring substituents is 1. The van der Waals surface area contributed by atoms with Gasteiger partial charge in [0.15, 0.2) is 0 Å². The molecule has 1 heterocycles. The third-order valence-electron chi connectivity index (χ3n) is 3.79. The predicted molar refractivity (Wildman–Crippen MR) is 77.7 cm³/mol. The number of benzene rings is 1. The zero-order chi connectivity index (χ0) is 14.5. The molecule has 1 unspecified atom stereocenters. The molecule has 0 aliphatic carbocycles. The molecule has 1 aliphatic heterocycles. The van der Waals surface area contributed by atoms with E-state index in [0.717, 1.165) is 38.0 Å². The molecule has 6 nitrogen and oxygen atoms in total. The minimum Gasteiger partial charge on any atom is -0.396 e. The second-order valence-corrected chi connectivity index (χ2v) is 5.28. The van der Waals surface area contributed by atoms with Crippen molar-refractivity contribution in [3.05, 3.63) is 33.9 Å². The van der Waals surface area contributed by atoms with Crippen molar-refractivity contribution in [2.45, 2.75) is 19.4 Å². The summed E-state index contributed by atoms with van der Waals surface area (Å²) in [6.07, 6.45) is 2.17. The summed E-state index contributed by atoms with van der Waals surface area (Å²) in [5, 5.41) is 23.0. The molecule has 1 aromatic carbocycles. The van der Waals surface area contributed by atoms with E-state index < -0.39 is 0 Å². The fourth-order valence-corrected chi connectivity index (χ4v) is 2.74. The number of nitrogens with zero attached hydrogens (tertiary/aromatic N) is 2. The fourth-order valence-electron chi connectivity index (χ4n) is 2.74. The SMILES string of the molecule is CNc1cc(CN2CCCC(CO)C2)ccc1[N+](=O)[O-]. The average Bonchev–Trinajstić information content (AvgIpc) is 2.47. The van der Waals surface area contributed by atoms with Crippen molar-refractivity contribution >= 4 is 11.4 Å². The smallest absolute Gasteiger partial charge is 0.292 e. The van der Waals surface area contributed by atoms with Crippen LogP contribution in [0.4, 0.5) is 11.4 Å². The largest absolute Gasteiger partial charge is 0.396 e. The molecule has 0 bridgehead atoms. The number of likely N-dealkylation sites (tertiary alicyclic amines) is 1. The van der Waals surface area contributed by atoms with Crippen LogP contribution >= 0.6 is 0 Å². The summed E-state index contributed by atoms with van der Waals surface area (Å²) < 4.78 is 0. The van der Waals surface area contributed by atoms with Crippen LogP contribution < -0.4 is 5.32 Å². The molecule has 0 saturated carbocycles. The van der Waals surface area contributed by atoms with Gasteiger partial charge in [-0.3, -0.25) is 15.0 Å². The van der Waals surface area contributed by atoms with Crippen LogP contribution in [0.3, 0.4) is 0 Å². The first-order chi connectivity index (χ1) is 9.63. The van der Waals surface area contributed by atoms with Gasteiger partial charge in [0, 0.05) is 32.8 Å². The first-order valence-electron chi connectivity index (χ1n) is 6.92. The average molecular weight is 279 g/mol. The van der Waals surface area contributed by atoms with E-state index >= 15 is 0 Å². The third-order valence-corrected chi connectivity index (χ3v) is 3.79. The quantitative estimate of drug-likeness (QED) is 0.635. The normalized spacial score (nSPS) is 19.8. The Morgan fingerprint density at radius 3 is 3.00 bits per heavy atom. The number of rotatable bonds is 5. The molecule has 1 saturated heterocycles. The van der Waals surface area contributed by atoms with Gasteiger partial charge >= 0.3 is 0 Å². The van der Waals surface area contributed by atoms with Crippen LogP contribution in [-0.4, -0.2) is 41.7 Å². The topological polar surface area (TPSA) is 78.6 Å². The van der Waals surface area contributed by atoms with E-state index in [1.807, 2.05) is 12.1 Å². The summed E-state index contributed by atoms with van der Waals surface area (Å²) >= 11 is 0. The van der Waals surface area contributed by atoms with E-state index in [2.05, 4.69) is 10.2 Å². The minimum absolute atomic E-state index is 0.100. The number of anilines is 1. The maximum absolute atomic E-state index is 10.9. The molecule has 20 heavy (non-hydrogen) atoms. The molecule has 0 radical (unpaired) electrons. The van der Waals surface area contributed by atoms with E-state index in [1.54, 1.807) is 13.1 Å². The first-order valence-corrected chi connectivity index (χ1v) is 6.92. The second kappa shape index (κ2) is 6.67. The monoisotopic (exact) mass is 279 g/mol. The minimum atomic E-state index is -0.377. The Labute approximate surface area is 118 Å². The van der Waals surface area contributed by atoms with E-state index in [0.29, 0.717) is 11.6 Å². The zero-order valence-corrected chi connectivity index (χ0v) is 11.7. The van der Waals surface area contributed by atoms with Crippen LogP contribution in [0.2, 0.25) is 0 Å². The summed E-state index contributed by atoms with van der Waals surface area (Å²) in [5.41, 5.74) is 1.70. The van der Waals surface area contributed by atoms with Crippen LogP contribution in [0.25, 0.3) is 0 Å². The van der Waals surface area contributed by atoms with Crippen LogP contribution in [-0.2, 0) is 6.54 Å². The molecule has 1 aliphatic rings. The fraction of sp³-hybridized carbons (Fsp3) is 0.571. The zero-order valence-electron chi connectivity index (χ0n) is 11.7. The molecule has 6 heteroatoms. The summed E-state index contributed by atoms with van der Waals surface area (Å²) in [4.78, 5) is 12.8. The molecule has 0 aromatic heterocycles. The molecule has 2 rings (SSSR count). The number of aliphatic hydroxyl groups excluding tert-OH is 1. The maximum atomic E-state index is 10.9. The number of hydrogen-bond donors (Lipinski definition) is 2. The summed E-state index contributed by atoms with van der Waals surface area (Å²) in [6, 6.07) is 5.19. The van der Waals surface area contributed by atoms with Crippen LogP contribution in [0.1, 0.15) is 18.4 Å². The van der Waals surface area contributed by atoms with Gasteiger partial charge in [-0.1, -0.05) is 6.07 Å². The number of hydrogen-bond acceptors (Lipinski definition) is 5. The Hall–Kier alpha value is -1.66. The molecule has 1 atom stereocenters. The Morgan fingerprint density at radius 1 is 1.55 bits per heavy atom. The van der Waals surface area contributed by atoms with E-state index in [1.165, 1.54) is 0 Å². The molecule has 1 aromatic rings. The highest BCUT2D eigenvalue weighted by atomic mass is 16.6. The molecule has 0 amide bonds. The number of nitro groups is 1. The Bertz CT molecular complexity index is 479. The maximum Gasteiger partial charge on any atom is 0.292 e. The second-order valence-electron chi connectivity index (χ2n) is 5.28. The molecule has 110 valence electrons. The van der Waals surface area contributed by atoms with Crippen LogP contribution in [0.5, 0.6) is 0 Å². The van der Waals surface area contributed by atoms with Gasteiger partial charge < -0.3 is 10.4 Å². The van der Waals surface area contributed by atoms with Crippen molar-refractivity contribution in [3.63, 3.8) is 0 Å².